The summed E-state index contributed by atoms with van der Waals surface area (Å²) in [6, 6.07) is 15.4. The van der Waals surface area contributed by atoms with Crippen LogP contribution in [0.3, 0.4) is 0 Å². The van der Waals surface area contributed by atoms with Crippen molar-refractivity contribution < 1.29 is 9.53 Å². The summed E-state index contributed by atoms with van der Waals surface area (Å²) in [5, 5.41) is 0.649. The van der Waals surface area contributed by atoms with Crippen LogP contribution in [0.1, 0.15) is 0 Å². The second-order valence-electron chi connectivity index (χ2n) is 6.01. The molecule has 1 aromatic heterocycles. The lowest BCUT2D eigenvalue weighted by molar-refractivity contribution is -0.135. The molecule has 0 bridgehead atoms. The van der Waals surface area contributed by atoms with E-state index in [2.05, 4.69) is 0 Å². The van der Waals surface area contributed by atoms with E-state index in [1.807, 2.05) is 58.0 Å². The van der Waals surface area contributed by atoms with E-state index in [-0.39, 0.29) is 12.5 Å². The minimum Gasteiger partial charge on any atom is -0.378 e. The molecule has 0 N–H and O–H groups in total. The molecule has 2 aromatic carbocycles. The zero-order chi connectivity index (χ0) is 17.2. The minimum absolute atomic E-state index is 0.0785. The molecule has 25 heavy (non-hydrogen) atoms. The fourth-order valence-corrected chi connectivity index (χ4v) is 3.32. The molecular weight excluding hydrogens is 338 g/mol. The number of benzene rings is 2. The van der Waals surface area contributed by atoms with Gasteiger partial charge in [-0.3, -0.25) is 4.79 Å². The van der Waals surface area contributed by atoms with Crippen LogP contribution >= 0.6 is 11.6 Å². The lowest BCUT2D eigenvalue weighted by Gasteiger charge is -2.27. The highest BCUT2D eigenvalue weighted by Gasteiger charge is 2.20. The summed E-state index contributed by atoms with van der Waals surface area (Å²) in [6.45, 7) is 2.72. The van der Waals surface area contributed by atoms with Gasteiger partial charge in [0.25, 0.3) is 0 Å². The van der Waals surface area contributed by atoms with Gasteiger partial charge in [-0.2, -0.15) is 0 Å². The van der Waals surface area contributed by atoms with Gasteiger partial charge >= 0.3 is 0 Å². The van der Waals surface area contributed by atoms with Crippen LogP contribution in [0.25, 0.3) is 22.4 Å². The first kappa shape index (κ1) is 16.1. The van der Waals surface area contributed by atoms with Crippen molar-refractivity contribution in [2.75, 3.05) is 26.3 Å². The predicted octanol–water partition coefficient (Wildman–Crippen LogP) is 3.22. The van der Waals surface area contributed by atoms with E-state index in [0.717, 1.165) is 22.4 Å². The van der Waals surface area contributed by atoms with Crippen LogP contribution in [0.15, 0.2) is 48.5 Å². The molecule has 128 valence electrons. The number of carbonyl (C=O) groups excluding carboxylic acids is 1. The average Bonchev–Trinajstić information content (AvgIpc) is 3.01. The molecule has 6 heteroatoms. The van der Waals surface area contributed by atoms with Crippen LogP contribution in [-0.4, -0.2) is 46.7 Å². The molecule has 0 atom stereocenters. The zero-order valence-electron chi connectivity index (χ0n) is 13.7. The molecule has 0 unspecified atom stereocenters. The molecule has 1 amide bonds. The standard InChI is InChI=1S/C19H18ClN3O2/c20-15-5-3-4-14(12-15)19-21-16-6-1-2-7-17(16)23(19)13-18(24)22-8-10-25-11-9-22/h1-7,12H,8-11,13H2. The Balaban J connectivity index is 1.75. The monoisotopic (exact) mass is 355 g/mol. The topological polar surface area (TPSA) is 47.4 Å². The van der Waals surface area contributed by atoms with Crippen LogP contribution in [0, 0.1) is 0 Å². The van der Waals surface area contributed by atoms with E-state index >= 15 is 0 Å². The fraction of sp³-hybridized carbons (Fsp3) is 0.263. The van der Waals surface area contributed by atoms with E-state index in [1.54, 1.807) is 0 Å². The van der Waals surface area contributed by atoms with Gasteiger partial charge in [-0.05, 0) is 24.3 Å². The third-order valence-corrected chi connectivity index (χ3v) is 4.63. The van der Waals surface area contributed by atoms with Crippen molar-refractivity contribution in [2.45, 2.75) is 6.54 Å². The summed E-state index contributed by atoms with van der Waals surface area (Å²) >= 11 is 6.15. The highest BCUT2D eigenvalue weighted by atomic mass is 35.5. The van der Waals surface area contributed by atoms with Crippen LogP contribution in [-0.2, 0) is 16.1 Å². The Hall–Kier alpha value is -2.37. The molecule has 0 aliphatic carbocycles. The first-order chi connectivity index (χ1) is 12.2. The largest absolute Gasteiger partial charge is 0.378 e. The average molecular weight is 356 g/mol. The van der Waals surface area contributed by atoms with Crippen molar-refractivity contribution in [3.8, 4) is 11.4 Å². The van der Waals surface area contributed by atoms with Crippen molar-refractivity contribution in [2.24, 2.45) is 0 Å². The summed E-state index contributed by atoms with van der Waals surface area (Å²) < 4.78 is 7.30. The van der Waals surface area contributed by atoms with Gasteiger partial charge in [-0.15, -0.1) is 0 Å². The quantitative estimate of drug-likeness (QED) is 0.724. The second-order valence-corrected chi connectivity index (χ2v) is 6.45. The number of amides is 1. The predicted molar refractivity (Wildman–Crippen MR) is 97.6 cm³/mol. The number of nitrogens with zero attached hydrogens (tertiary/aromatic N) is 3. The number of hydrogen-bond acceptors (Lipinski definition) is 3. The summed E-state index contributed by atoms with van der Waals surface area (Å²) in [5.41, 5.74) is 2.71. The molecule has 1 aliphatic rings. The molecule has 0 radical (unpaired) electrons. The summed E-state index contributed by atoms with van der Waals surface area (Å²) in [5.74, 6) is 0.833. The van der Waals surface area contributed by atoms with Gasteiger partial charge in [-0.25, -0.2) is 4.98 Å². The Labute approximate surface area is 150 Å². The first-order valence-corrected chi connectivity index (χ1v) is 8.67. The number of halogens is 1. The van der Waals surface area contributed by atoms with E-state index in [4.69, 9.17) is 21.3 Å². The van der Waals surface area contributed by atoms with Crippen LogP contribution in [0.4, 0.5) is 0 Å². The SMILES string of the molecule is O=C(Cn1c(-c2cccc(Cl)c2)nc2ccccc21)N1CCOCC1. The maximum atomic E-state index is 12.8. The van der Waals surface area contributed by atoms with Crippen LogP contribution in [0.2, 0.25) is 5.02 Å². The third kappa shape index (κ3) is 3.25. The lowest BCUT2D eigenvalue weighted by Crippen LogP contribution is -2.42. The third-order valence-electron chi connectivity index (χ3n) is 4.39. The molecule has 1 aliphatic heterocycles. The highest BCUT2D eigenvalue weighted by molar-refractivity contribution is 6.30. The van der Waals surface area contributed by atoms with Crippen LogP contribution in [0.5, 0.6) is 0 Å². The maximum absolute atomic E-state index is 12.8. The summed E-state index contributed by atoms with van der Waals surface area (Å²) in [4.78, 5) is 19.3. The molecule has 1 saturated heterocycles. The number of carbonyl (C=O) groups is 1. The number of hydrogen-bond donors (Lipinski definition) is 0. The van der Waals surface area contributed by atoms with Crippen LogP contribution < -0.4 is 0 Å². The number of aromatic nitrogens is 2. The maximum Gasteiger partial charge on any atom is 0.242 e. The van der Waals surface area contributed by atoms with Gasteiger partial charge in [0.2, 0.25) is 5.91 Å². The number of para-hydroxylation sites is 2. The smallest absolute Gasteiger partial charge is 0.242 e. The molecule has 5 nitrogen and oxygen atoms in total. The lowest BCUT2D eigenvalue weighted by atomic mass is 10.2. The van der Waals surface area contributed by atoms with E-state index in [9.17, 15) is 4.79 Å². The fourth-order valence-electron chi connectivity index (χ4n) is 3.13. The Kier molecular flexibility index (Phi) is 4.42. The summed E-state index contributed by atoms with van der Waals surface area (Å²) in [7, 11) is 0. The molecular formula is C19H18ClN3O2. The van der Waals surface area contributed by atoms with Crippen molar-refractivity contribution in [1.82, 2.24) is 14.5 Å². The normalized spacial score (nSPS) is 14.8. The van der Waals surface area contributed by atoms with Gasteiger partial charge in [0.1, 0.15) is 12.4 Å². The molecule has 4 rings (SSSR count). The van der Waals surface area contributed by atoms with Gasteiger partial charge in [0, 0.05) is 23.7 Å². The number of rotatable bonds is 3. The number of fused-ring (bicyclic) bond motifs is 1. The zero-order valence-corrected chi connectivity index (χ0v) is 14.4. The Morgan fingerprint density at radius 3 is 2.72 bits per heavy atom. The second kappa shape index (κ2) is 6.86. The van der Waals surface area contributed by atoms with Crippen molar-refractivity contribution in [3.05, 3.63) is 53.6 Å². The van der Waals surface area contributed by atoms with Crippen molar-refractivity contribution >= 4 is 28.5 Å². The van der Waals surface area contributed by atoms with Gasteiger partial charge in [0.05, 0.1) is 24.2 Å². The molecule has 0 saturated carbocycles. The Morgan fingerprint density at radius 2 is 1.92 bits per heavy atom. The summed E-state index contributed by atoms with van der Waals surface area (Å²) in [6.07, 6.45) is 0. The number of ether oxygens (including phenoxy) is 1. The number of imidazole rings is 1. The van der Waals surface area contributed by atoms with E-state index in [1.165, 1.54) is 0 Å². The Morgan fingerprint density at radius 1 is 1.12 bits per heavy atom. The van der Waals surface area contributed by atoms with E-state index in [0.29, 0.717) is 31.3 Å². The molecule has 3 aromatic rings. The Bertz CT molecular complexity index is 916. The highest BCUT2D eigenvalue weighted by Crippen LogP contribution is 2.27. The van der Waals surface area contributed by atoms with Gasteiger partial charge in [-0.1, -0.05) is 35.9 Å². The van der Waals surface area contributed by atoms with Crippen molar-refractivity contribution in [1.29, 1.82) is 0 Å². The van der Waals surface area contributed by atoms with Gasteiger partial charge in [0.15, 0.2) is 0 Å². The molecule has 1 fully saturated rings. The molecule has 2 heterocycles. The van der Waals surface area contributed by atoms with E-state index < -0.39 is 0 Å². The van der Waals surface area contributed by atoms with Crippen molar-refractivity contribution in [3.63, 3.8) is 0 Å². The number of morpholine rings is 1. The first-order valence-electron chi connectivity index (χ1n) is 8.29. The van der Waals surface area contributed by atoms with Gasteiger partial charge < -0.3 is 14.2 Å². The molecule has 0 spiro atoms. The minimum atomic E-state index is 0.0785.